The number of carbonyl (C=O) groups is 2. The molecule has 1 fully saturated rings. The number of hydrogen-bond donors (Lipinski definition) is 0. The fourth-order valence-electron chi connectivity index (χ4n) is 6.05. The van der Waals surface area contributed by atoms with Gasteiger partial charge in [-0.25, -0.2) is 4.79 Å². The molecule has 0 unspecified atom stereocenters. The molecule has 0 N–H and O–H groups in total. The minimum Gasteiger partial charge on any atom is -0.453 e. The van der Waals surface area contributed by atoms with Crippen LogP contribution in [0, 0.1) is 5.92 Å². The molecule has 1 aliphatic heterocycles. The van der Waals surface area contributed by atoms with Crippen molar-refractivity contribution in [2.75, 3.05) is 12.0 Å². The summed E-state index contributed by atoms with van der Waals surface area (Å²) in [5.41, 5.74) is -2.04. The van der Waals surface area contributed by atoms with Crippen molar-refractivity contribution in [1.82, 2.24) is 4.90 Å². The summed E-state index contributed by atoms with van der Waals surface area (Å²) in [7, 11) is 0.979. The van der Waals surface area contributed by atoms with E-state index in [9.17, 15) is 49.1 Å². The normalized spacial score (nSPS) is 20.7. The van der Waals surface area contributed by atoms with Crippen LogP contribution >= 0.6 is 0 Å². The van der Waals surface area contributed by atoms with Gasteiger partial charge in [-0.2, -0.15) is 39.5 Å². The molecule has 1 saturated carbocycles. The van der Waals surface area contributed by atoms with E-state index in [2.05, 4.69) is 0 Å². The highest BCUT2D eigenvalue weighted by Gasteiger charge is 2.53. The lowest BCUT2D eigenvalue weighted by molar-refractivity contribution is -0.171. The Hall–Kier alpha value is -3.45. The zero-order valence-corrected chi connectivity index (χ0v) is 22.1. The summed E-state index contributed by atoms with van der Waals surface area (Å²) >= 11 is 0. The van der Waals surface area contributed by atoms with Gasteiger partial charge in [-0.1, -0.05) is 6.07 Å². The van der Waals surface area contributed by atoms with Crippen LogP contribution in [0.3, 0.4) is 0 Å². The fraction of sp³-hybridized carbons (Fsp3) is 0.500. The number of fused-ring (bicyclic) bond motifs is 2. The van der Waals surface area contributed by atoms with Gasteiger partial charge in [-0.05, 0) is 91.0 Å². The van der Waals surface area contributed by atoms with Gasteiger partial charge in [0.2, 0.25) is 0 Å². The van der Waals surface area contributed by atoms with Gasteiger partial charge >= 0.3 is 30.5 Å². The number of rotatable bonds is 4. The highest BCUT2D eigenvalue weighted by Crippen LogP contribution is 2.51. The predicted molar refractivity (Wildman–Crippen MR) is 130 cm³/mol. The van der Waals surface area contributed by atoms with Crippen molar-refractivity contribution in [3.05, 3.63) is 63.7 Å². The number of hydrogen-bond acceptors (Lipinski definition) is 3. The van der Waals surface area contributed by atoms with Gasteiger partial charge < -0.3 is 9.64 Å². The molecule has 0 aromatic heterocycles. The number of amides is 2. The Morgan fingerprint density at radius 2 is 1.45 bits per heavy atom. The Balaban J connectivity index is 1.65. The lowest BCUT2D eigenvalue weighted by atomic mass is 9.85. The first-order valence-corrected chi connectivity index (χ1v) is 13.2. The van der Waals surface area contributed by atoms with Crippen LogP contribution in [0.25, 0.3) is 0 Å². The third-order valence-electron chi connectivity index (χ3n) is 8.07. The number of aryl methyl sites for hydroxylation is 2. The summed E-state index contributed by atoms with van der Waals surface area (Å²) < 4.78 is 127. The van der Waals surface area contributed by atoms with Crippen molar-refractivity contribution in [1.29, 1.82) is 0 Å². The van der Waals surface area contributed by atoms with Gasteiger partial charge in [0.05, 0.1) is 24.3 Å². The molecule has 0 bridgehead atoms. The minimum atomic E-state index is -5.20. The molecular weight excluding hydrogens is 583 g/mol. The van der Waals surface area contributed by atoms with Gasteiger partial charge in [0.15, 0.2) is 0 Å². The predicted octanol–water partition coefficient (Wildman–Crippen LogP) is 7.60. The maximum absolute atomic E-state index is 13.8. The first kappa shape index (κ1) is 30.0. The smallest absolute Gasteiger partial charge is 0.453 e. The molecule has 0 spiro atoms. The molecule has 2 aliphatic carbocycles. The fourth-order valence-corrected chi connectivity index (χ4v) is 6.05. The third kappa shape index (κ3) is 5.76. The summed E-state index contributed by atoms with van der Waals surface area (Å²) in [6.07, 6.45) is -13.9. The molecule has 0 saturated heterocycles. The maximum Gasteiger partial charge on any atom is 0.471 e. The molecule has 5 rings (SSSR count). The Labute approximate surface area is 234 Å². The topological polar surface area (TPSA) is 49.9 Å². The van der Waals surface area contributed by atoms with E-state index >= 15 is 0 Å². The number of halogens is 9. The highest BCUT2D eigenvalue weighted by atomic mass is 19.4. The molecule has 2 aromatic carbocycles. The highest BCUT2D eigenvalue weighted by molar-refractivity contribution is 5.99. The maximum atomic E-state index is 13.8. The van der Waals surface area contributed by atoms with Crippen molar-refractivity contribution in [3.8, 4) is 0 Å². The van der Waals surface area contributed by atoms with Crippen LogP contribution in [0.4, 0.5) is 50.0 Å². The minimum absolute atomic E-state index is 0.0328. The van der Waals surface area contributed by atoms with Crippen molar-refractivity contribution in [3.63, 3.8) is 0 Å². The van der Waals surface area contributed by atoms with E-state index in [0.717, 1.165) is 23.1 Å². The van der Waals surface area contributed by atoms with Crippen molar-refractivity contribution >= 4 is 17.7 Å². The number of nitrogens with zero attached hydrogens (tertiary/aromatic N) is 2. The van der Waals surface area contributed by atoms with E-state index in [1.54, 1.807) is 6.07 Å². The Morgan fingerprint density at radius 1 is 0.881 bits per heavy atom. The molecule has 1 heterocycles. The molecule has 3 aliphatic rings. The second-order valence-electron chi connectivity index (χ2n) is 10.9. The molecule has 5 nitrogen and oxygen atoms in total. The van der Waals surface area contributed by atoms with Crippen molar-refractivity contribution < 1.29 is 53.8 Å². The largest absolute Gasteiger partial charge is 0.471 e. The molecular formula is C28H25F9N2O3. The van der Waals surface area contributed by atoms with Gasteiger partial charge in [0, 0.05) is 18.3 Å². The zero-order valence-electron chi connectivity index (χ0n) is 22.1. The number of methoxy groups -OCH3 is 1. The number of benzene rings is 2. The quantitative estimate of drug-likeness (QED) is 0.336. The van der Waals surface area contributed by atoms with Crippen LogP contribution < -0.4 is 4.90 Å². The molecule has 228 valence electrons. The second kappa shape index (κ2) is 10.4. The Kier molecular flexibility index (Phi) is 7.41. The van der Waals surface area contributed by atoms with Crippen LogP contribution in [-0.2, 0) is 41.3 Å². The molecule has 0 radical (unpaired) electrons. The van der Waals surface area contributed by atoms with E-state index in [-0.39, 0.29) is 29.7 Å². The number of carbonyl (C=O) groups excluding carboxylic acids is 2. The van der Waals surface area contributed by atoms with E-state index in [0.29, 0.717) is 49.1 Å². The van der Waals surface area contributed by atoms with E-state index in [4.69, 9.17) is 4.74 Å². The third-order valence-corrected chi connectivity index (χ3v) is 8.07. The summed E-state index contributed by atoms with van der Waals surface area (Å²) in [5, 5.41) is 0. The van der Waals surface area contributed by atoms with Gasteiger partial charge in [-0.3, -0.25) is 9.69 Å². The van der Waals surface area contributed by atoms with Gasteiger partial charge in [-0.15, -0.1) is 0 Å². The standard InChI is InChI=1S/C28H25F9N2O3/c1-42-25(41)38(13-14-7-18(26(29,30)31)11-19(8-14)27(32,33)34)22-12-21(15-5-6-15)39(24(40)28(35,36)37)23-10-17-4-2-3-16(17)9-20(22)23/h7-11,15,21-22H,2-6,12-13H2,1H3/t21-,22-/m0/s1. The Morgan fingerprint density at radius 3 is 1.95 bits per heavy atom. The molecule has 42 heavy (non-hydrogen) atoms. The first-order valence-electron chi connectivity index (χ1n) is 13.2. The van der Waals surface area contributed by atoms with Crippen molar-refractivity contribution in [2.45, 2.75) is 75.7 Å². The molecule has 2 aromatic rings. The van der Waals surface area contributed by atoms with E-state index in [1.165, 1.54) is 6.07 Å². The van der Waals surface area contributed by atoms with Gasteiger partial charge in [0.25, 0.3) is 0 Å². The summed E-state index contributed by atoms with van der Waals surface area (Å²) in [6, 6.07) is 1.94. The van der Waals surface area contributed by atoms with Gasteiger partial charge in [0.1, 0.15) is 0 Å². The van der Waals surface area contributed by atoms with Crippen LogP contribution in [0.1, 0.15) is 65.1 Å². The summed E-state index contributed by atoms with van der Waals surface area (Å²) in [5.74, 6) is -2.40. The Bertz CT molecular complexity index is 1360. The monoisotopic (exact) mass is 608 g/mol. The number of alkyl halides is 9. The van der Waals surface area contributed by atoms with E-state index in [1.807, 2.05) is 0 Å². The average molecular weight is 609 g/mol. The lowest BCUT2D eigenvalue weighted by Crippen LogP contribution is -2.53. The van der Waals surface area contributed by atoms with E-state index < -0.39 is 65.8 Å². The van der Waals surface area contributed by atoms with Crippen LogP contribution in [0.15, 0.2) is 30.3 Å². The second-order valence-corrected chi connectivity index (χ2v) is 10.9. The van der Waals surface area contributed by atoms with Crippen LogP contribution in [0.5, 0.6) is 0 Å². The summed E-state index contributed by atoms with van der Waals surface area (Å²) in [6.45, 7) is -0.758. The van der Waals surface area contributed by atoms with Crippen LogP contribution in [-0.4, -0.2) is 36.2 Å². The van der Waals surface area contributed by atoms with Crippen LogP contribution in [0.2, 0.25) is 0 Å². The zero-order chi connectivity index (χ0) is 30.8. The molecule has 14 heteroatoms. The lowest BCUT2D eigenvalue weighted by Gasteiger charge is -2.45. The number of anilines is 1. The first-order chi connectivity index (χ1) is 19.5. The SMILES string of the molecule is COC(=O)N(Cc1cc(C(F)(F)F)cc(C(F)(F)F)c1)[C@H]1C[C@@H](C2CC2)N(C(=O)C(F)(F)F)c2cc3c(cc21)CCC3. The number of ether oxygens (including phenoxy) is 1. The molecule has 2 amide bonds. The molecule has 2 atom stereocenters. The van der Waals surface area contributed by atoms with Crippen molar-refractivity contribution in [2.24, 2.45) is 5.92 Å². The average Bonchev–Trinajstić information content (AvgIpc) is 3.64. The summed E-state index contributed by atoms with van der Waals surface area (Å²) in [4.78, 5) is 27.5.